The summed E-state index contributed by atoms with van der Waals surface area (Å²) < 4.78 is 40.2. The summed E-state index contributed by atoms with van der Waals surface area (Å²) >= 11 is 3.00. The molecule has 1 atom stereocenters. The van der Waals surface area contributed by atoms with Crippen molar-refractivity contribution >= 4 is 38.4 Å². The van der Waals surface area contributed by atoms with Gasteiger partial charge >= 0.3 is 0 Å². The second kappa shape index (κ2) is 7.70. The van der Waals surface area contributed by atoms with E-state index in [-0.39, 0.29) is 21.8 Å². The Kier molecular flexibility index (Phi) is 6.87. The van der Waals surface area contributed by atoms with E-state index in [1.54, 1.807) is 0 Å². The number of piperidine rings is 1. The molecule has 0 spiro atoms. The Hall–Kier alpha value is -0.210. The van der Waals surface area contributed by atoms with E-state index in [2.05, 4.69) is 26.0 Å². The first kappa shape index (κ1) is 17.8. The standard InChI is InChI=1S/C12H16BrFN2O2S.ClH/c13-11-4-3-10(6-12(11)14)19(17,18)16-8-9-2-1-5-15-7-9;/h3-4,6,9,15-16H,1-2,5,7-8H2;1H. The molecule has 20 heavy (non-hydrogen) atoms. The van der Waals surface area contributed by atoms with Gasteiger partial charge in [0.2, 0.25) is 10.0 Å². The predicted octanol–water partition coefficient (Wildman–Crippen LogP) is 2.29. The third-order valence-corrected chi connectivity index (χ3v) is 5.23. The van der Waals surface area contributed by atoms with Crippen molar-refractivity contribution in [1.29, 1.82) is 0 Å². The van der Waals surface area contributed by atoms with Crippen LogP contribution in [0.4, 0.5) is 4.39 Å². The van der Waals surface area contributed by atoms with Gasteiger partial charge in [-0.25, -0.2) is 17.5 Å². The average molecular weight is 388 g/mol. The molecule has 1 aliphatic rings. The van der Waals surface area contributed by atoms with Gasteiger partial charge < -0.3 is 5.32 Å². The highest BCUT2D eigenvalue weighted by Crippen LogP contribution is 2.19. The minimum absolute atomic E-state index is 0. The smallest absolute Gasteiger partial charge is 0.240 e. The third kappa shape index (κ3) is 4.66. The quantitative estimate of drug-likeness (QED) is 0.833. The van der Waals surface area contributed by atoms with Crippen LogP contribution in [0.5, 0.6) is 0 Å². The minimum atomic E-state index is -3.64. The van der Waals surface area contributed by atoms with E-state index in [0.29, 0.717) is 12.5 Å². The Bertz CT molecular complexity index is 550. The highest BCUT2D eigenvalue weighted by molar-refractivity contribution is 9.10. The first-order chi connectivity index (χ1) is 8.99. The fraction of sp³-hybridized carbons (Fsp3) is 0.500. The van der Waals surface area contributed by atoms with Crippen LogP contribution in [-0.2, 0) is 10.0 Å². The average Bonchev–Trinajstić information content (AvgIpc) is 2.41. The fourth-order valence-electron chi connectivity index (χ4n) is 2.05. The first-order valence-electron chi connectivity index (χ1n) is 6.14. The Balaban J connectivity index is 0.00000200. The zero-order chi connectivity index (χ0) is 13.9. The Morgan fingerprint density at radius 2 is 2.20 bits per heavy atom. The van der Waals surface area contributed by atoms with Crippen LogP contribution >= 0.6 is 28.3 Å². The normalized spacial score (nSPS) is 19.4. The van der Waals surface area contributed by atoms with Gasteiger partial charge in [0, 0.05) is 6.54 Å². The van der Waals surface area contributed by atoms with Crippen LogP contribution in [0.15, 0.2) is 27.6 Å². The molecule has 2 N–H and O–H groups in total. The maximum atomic E-state index is 13.4. The van der Waals surface area contributed by atoms with Crippen molar-refractivity contribution in [2.24, 2.45) is 5.92 Å². The maximum Gasteiger partial charge on any atom is 0.240 e. The van der Waals surface area contributed by atoms with Crippen molar-refractivity contribution in [1.82, 2.24) is 10.0 Å². The summed E-state index contributed by atoms with van der Waals surface area (Å²) in [7, 11) is -3.64. The molecule has 1 aliphatic heterocycles. The van der Waals surface area contributed by atoms with Crippen molar-refractivity contribution in [2.45, 2.75) is 17.7 Å². The number of nitrogens with one attached hydrogen (secondary N) is 2. The summed E-state index contributed by atoms with van der Waals surface area (Å²) in [5, 5.41) is 3.23. The van der Waals surface area contributed by atoms with Crippen LogP contribution in [-0.4, -0.2) is 28.1 Å². The molecule has 1 aromatic rings. The number of benzene rings is 1. The molecule has 0 amide bonds. The molecule has 4 nitrogen and oxygen atoms in total. The van der Waals surface area contributed by atoms with Crippen LogP contribution in [0, 0.1) is 11.7 Å². The summed E-state index contributed by atoms with van der Waals surface area (Å²) in [5.41, 5.74) is 0. The molecule has 0 saturated carbocycles. The van der Waals surface area contributed by atoms with Gasteiger partial charge in [-0.05, 0) is 66.0 Å². The molecule has 2 rings (SSSR count). The van der Waals surface area contributed by atoms with E-state index < -0.39 is 15.8 Å². The molecule has 1 fully saturated rings. The molecular weight excluding hydrogens is 371 g/mol. The molecule has 0 aliphatic carbocycles. The van der Waals surface area contributed by atoms with E-state index in [0.717, 1.165) is 32.0 Å². The molecule has 0 aromatic heterocycles. The van der Waals surface area contributed by atoms with Crippen molar-refractivity contribution in [3.63, 3.8) is 0 Å². The topological polar surface area (TPSA) is 58.2 Å². The number of hydrogen-bond donors (Lipinski definition) is 2. The van der Waals surface area contributed by atoms with Gasteiger partial charge in [0.1, 0.15) is 5.82 Å². The Labute approximate surface area is 133 Å². The predicted molar refractivity (Wildman–Crippen MR) is 82.1 cm³/mol. The molecule has 0 bridgehead atoms. The zero-order valence-corrected chi connectivity index (χ0v) is 14.0. The van der Waals surface area contributed by atoms with E-state index >= 15 is 0 Å². The molecule has 1 unspecified atom stereocenters. The van der Waals surface area contributed by atoms with Crippen molar-refractivity contribution < 1.29 is 12.8 Å². The van der Waals surface area contributed by atoms with Gasteiger partial charge in [-0.15, -0.1) is 12.4 Å². The lowest BCUT2D eigenvalue weighted by Crippen LogP contribution is -2.38. The van der Waals surface area contributed by atoms with Crippen molar-refractivity contribution in [3.8, 4) is 0 Å². The lowest BCUT2D eigenvalue weighted by Gasteiger charge is -2.22. The number of rotatable bonds is 4. The highest BCUT2D eigenvalue weighted by atomic mass is 79.9. The van der Waals surface area contributed by atoms with Crippen molar-refractivity contribution in [2.75, 3.05) is 19.6 Å². The minimum Gasteiger partial charge on any atom is -0.316 e. The van der Waals surface area contributed by atoms with Gasteiger partial charge in [0.25, 0.3) is 0 Å². The maximum absolute atomic E-state index is 13.4. The van der Waals surface area contributed by atoms with Gasteiger partial charge in [0.05, 0.1) is 9.37 Å². The van der Waals surface area contributed by atoms with Crippen LogP contribution in [0.2, 0.25) is 0 Å². The van der Waals surface area contributed by atoms with E-state index in [4.69, 9.17) is 0 Å². The summed E-state index contributed by atoms with van der Waals surface area (Å²) in [5.74, 6) is -0.286. The van der Waals surface area contributed by atoms with Gasteiger partial charge in [0.15, 0.2) is 0 Å². The van der Waals surface area contributed by atoms with Gasteiger partial charge in [-0.2, -0.15) is 0 Å². The van der Waals surface area contributed by atoms with E-state index in [1.165, 1.54) is 12.1 Å². The fourth-order valence-corrected chi connectivity index (χ4v) is 3.43. The Morgan fingerprint density at radius 1 is 1.45 bits per heavy atom. The third-order valence-electron chi connectivity index (χ3n) is 3.16. The second-order valence-electron chi connectivity index (χ2n) is 4.64. The summed E-state index contributed by atoms with van der Waals surface area (Å²) in [4.78, 5) is -0.0445. The van der Waals surface area contributed by atoms with Gasteiger partial charge in [-0.1, -0.05) is 0 Å². The monoisotopic (exact) mass is 386 g/mol. The molecular formula is C12H17BrClFN2O2S. The second-order valence-corrected chi connectivity index (χ2v) is 7.26. The summed E-state index contributed by atoms with van der Waals surface area (Å²) in [6.45, 7) is 2.19. The molecule has 1 aromatic carbocycles. The Morgan fingerprint density at radius 3 is 2.80 bits per heavy atom. The first-order valence-corrected chi connectivity index (χ1v) is 8.42. The van der Waals surface area contributed by atoms with Crippen LogP contribution in [0.1, 0.15) is 12.8 Å². The molecule has 8 heteroatoms. The number of halogens is 3. The van der Waals surface area contributed by atoms with Crippen LogP contribution in [0.3, 0.4) is 0 Å². The lowest BCUT2D eigenvalue weighted by molar-refractivity contribution is 0.376. The molecule has 1 saturated heterocycles. The SMILES string of the molecule is Cl.O=S(=O)(NCC1CCCNC1)c1ccc(Br)c(F)c1. The molecule has 0 radical (unpaired) electrons. The number of sulfonamides is 1. The largest absolute Gasteiger partial charge is 0.316 e. The summed E-state index contributed by atoms with van der Waals surface area (Å²) in [6, 6.07) is 3.80. The zero-order valence-electron chi connectivity index (χ0n) is 10.7. The highest BCUT2D eigenvalue weighted by Gasteiger charge is 2.19. The van der Waals surface area contributed by atoms with E-state index in [1.807, 2.05) is 0 Å². The van der Waals surface area contributed by atoms with Crippen LogP contribution in [0.25, 0.3) is 0 Å². The molecule has 114 valence electrons. The van der Waals surface area contributed by atoms with Crippen LogP contribution < -0.4 is 10.0 Å². The summed E-state index contributed by atoms with van der Waals surface area (Å²) in [6.07, 6.45) is 2.06. The van der Waals surface area contributed by atoms with Gasteiger partial charge in [-0.3, -0.25) is 0 Å². The van der Waals surface area contributed by atoms with Crippen molar-refractivity contribution in [3.05, 3.63) is 28.5 Å². The van der Waals surface area contributed by atoms with E-state index in [9.17, 15) is 12.8 Å². The molecule has 1 heterocycles. The lowest BCUT2D eigenvalue weighted by atomic mass is 10.0. The number of hydrogen-bond acceptors (Lipinski definition) is 3.